The molecule has 1 fully saturated rings. The quantitative estimate of drug-likeness (QED) is 0.631. The van der Waals surface area contributed by atoms with Crippen molar-refractivity contribution in [1.29, 1.82) is 0 Å². The van der Waals surface area contributed by atoms with Crippen LogP contribution in [0.2, 0.25) is 0 Å². The Labute approximate surface area is 158 Å². The van der Waals surface area contributed by atoms with Gasteiger partial charge in [0.2, 0.25) is 0 Å². The standard InChI is InChI=1S/C20H23N3O2S/c1-2-24-18-9-5-3-7-16(18)22-13-11-21(12-14-22)15-23-17-8-4-6-10-19(17)25-20(23)26/h3-10H,2,11-15H2,1H3. The van der Waals surface area contributed by atoms with Gasteiger partial charge in [-0.05, 0) is 43.4 Å². The third-order valence-electron chi connectivity index (χ3n) is 4.79. The SMILES string of the molecule is CCOc1ccccc1N1CCN(Cn2c(=S)oc3ccccc32)CC1. The van der Waals surface area contributed by atoms with Crippen LogP contribution in [0.25, 0.3) is 11.1 Å². The summed E-state index contributed by atoms with van der Waals surface area (Å²) in [4.78, 5) is 5.35. The smallest absolute Gasteiger partial charge is 0.270 e. The van der Waals surface area contributed by atoms with Crippen molar-refractivity contribution < 1.29 is 9.15 Å². The fraction of sp³-hybridized carbons (Fsp3) is 0.350. The van der Waals surface area contributed by atoms with Crippen LogP contribution in [0.3, 0.4) is 0 Å². The van der Waals surface area contributed by atoms with Gasteiger partial charge in [0.05, 0.1) is 24.5 Å². The number of nitrogens with zero attached hydrogens (tertiary/aromatic N) is 3. The number of benzene rings is 2. The van der Waals surface area contributed by atoms with E-state index >= 15 is 0 Å². The Hall–Kier alpha value is -2.31. The molecule has 6 heteroatoms. The normalized spacial score (nSPS) is 15.5. The summed E-state index contributed by atoms with van der Waals surface area (Å²) in [6.07, 6.45) is 0. The van der Waals surface area contributed by atoms with Gasteiger partial charge < -0.3 is 14.1 Å². The van der Waals surface area contributed by atoms with Crippen LogP contribution in [0.15, 0.2) is 52.9 Å². The lowest BCUT2D eigenvalue weighted by molar-refractivity contribution is 0.204. The fourth-order valence-corrected chi connectivity index (χ4v) is 3.72. The highest BCUT2D eigenvalue weighted by atomic mass is 32.1. The van der Waals surface area contributed by atoms with Crippen LogP contribution in [0.1, 0.15) is 6.92 Å². The van der Waals surface area contributed by atoms with Gasteiger partial charge in [-0.25, -0.2) is 0 Å². The summed E-state index contributed by atoms with van der Waals surface area (Å²) in [5.41, 5.74) is 3.09. The Morgan fingerprint density at radius 3 is 2.54 bits per heavy atom. The van der Waals surface area contributed by atoms with E-state index in [4.69, 9.17) is 21.4 Å². The second-order valence-corrected chi connectivity index (χ2v) is 6.76. The molecule has 0 N–H and O–H groups in total. The first-order valence-electron chi connectivity index (χ1n) is 9.04. The number of ether oxygens (including phenoxy) is 1. The van der Waals surface area contributed by atoms with Crippen molar-refractivity contribution in [3.05, 3.63) is 53.4 Å². The Balaban J connectivity index is 1.46. The Morgan fingerprint density at radius 1 is 1.00 bits per heavy atom. The van der Waals surface area contributed by atoms with Crippen LogP contribution in [-0.2, 0) is 6.67 Å². The first kappa shape index (κ1) is 17.1. The van der Waals surface area contributed by atoms with E-state index in [-0.39, 0.29) is 0 Å². The monoisotopic (exact) mass is 369 g/mol. The molecule has 2 heterocycles. The second-order valence-electron chi connectivity index (χ2n) is 6.41. The highest BCUT2D eigenvalue weighted by molar-refractivity contribution is 7.71. The van der Waals surface area contributed by atoms with E-state index < -0.39 is 0 Å². The predicted molar refractivity (Wildman–Crippen MR) is 106 cm³/mol. The fourth-order valence-electron chi connectivity index (χ4n) is 3.47. The minimum atomic E-state index is 0.537. The van der Waals surface area contributed by atoms with Crippen LogP contribution < -0.4 is 9.64 Å². The maximum absolute atomic E-state index is 5.78. The summed E-state index contributed by atoms with van der Waals surface area (Å²) in [6.45, 7) is 7.34. The number of rotatable bonds is 5. The van der Waals surface area contributed by atoms with Gasteiger partial charge in [-0.2, -0.15) is 0 Å². The van der Waals surface area contributed by atoms with Gasteiger partial charge in [-0.1, -0.05) is 24.3 Å². The van der Waals surface area contributed by atoms with Crippen molar-refractivity contribution in [2.24, 2.45) is 0 Å². The molecule has 4 rings (SSSR count). The Bertz CT molecular complexity index is 941. The molecule has 0 amide bonds. The maximum atomic E-state index is 5.78. The van der Waals surface area contributed by atoms with E-state index in [1.54, 1.807) is 0 Å². The van der Waals surface area contributed by atoms with Crippen molar-refractivity contribution >= 4 is 29.0 Å². The molecule has 5 nitrogen and oxygen atoms in total. The summed E-state index contributed by atoms with van der Waals surface area (Å²) in [5.74, 6) is 0.964. The number of aromatic nitrogens is 1. The van der Waals surface area contributed by atoms with Gasteiger partial charge in [-0.15, -0.1) is 0 Å². The zero-order valence-corrected chi connectivity index (χ0v) is 15.7. The van der Waals surface area contributed by atoms with Crippen LogP contribution in [0, 0.1) is 4.84 Å². The highest BCUT2D eigenvalue weighted by Gasteiger charge is 2.20. The van der Waals surface area contributed by atoms with E-state index in [9.17, 15) is 0 Å². The number of hydrogen-bond donors (Lipinski definition) is 0. The Kier molecular flexibility index (Phi) is 4.95. The van der Waals surface area contributed by atoms with Crippen molar-refractivity contribution in [3.8, 4) is 5.75 Å². The number of para-hydroxylation sites is 4. The molecule has 1 aliphatic heterocycles. The first-order chi connectivity index (χ1) is 12.8. The highest BCUT2D eigenvalue weighted by Crippen LogP contribution is 2.29. The minimum absolute atomic E-state index is 0.537. The summed E-state index contributed by atoms with van der Waals surface area (Å²) in [6, 6.07) is 16.3. The number of anilines is 1. The van der Waals surface area contributed by atoms with E-state index in [1.807, 2.05) is 37.3 Å². The van der Waals surface area contributed by atoms with Gasteiger partial charge in [0.15, 0.2) is 5.58 Å². The molecule has 1 aromatic heterocycles. The molecule has 3 aromatic rings. The maximum Gasteiger partial charge on any atom is 0.270 e. The molecular weight excluding hydrogens is 346 g/mol. The lowest BCUT2D eigenvalue weighted by Crippen LogP contribution is -2.46. The topological polar surface area (TPSA) is 33.8 Å². The van der Waals surface area contributed by atoms with Crippen LogP contribution in [0.4, 0.5) is 5.69 Å². The zero-order valence-electron chi connectivity index (χ0n) is 14.9. The average Bonchev–Trinajstić information content (AvgIpc) is 2.99. The van der Waals surface area contributed by atoms with E-state index in [0.29, 0.717) is 11.4 Å². The number of piperazine rings is 1. The van der Waals surface area contributed by atoms with Gasteiger partial charge >= 0.3 is 0 Å². The second kappa shape index (κ2) is 7.51. The molecule has 1 saturated heterocycles. The van der Waals surface area contributed by atoms with Gasteiger partial charge in [0.1, 0.15) is 5.75 Å². The summed E-state index contributed by atoms with van der Waals surface area (Å²) in [5, 5.41) is 0. The van der Waals surface area contributed by atoms with Crippen LogP contribution >= 0.6 is 12.2 Å². The molecule has 0 bridgehead atoms. The zero-order chi connectivity index (χ0) is 17.9. The van der Waals surface area contributed by atoms with Crippen LogP contribution in [0.5, 0.6) is 5.75 Å². The molecule has 0 radical (unpaired) electrons. The molecular formula is C20H23N3O2S. The van der Waals surface area contributed by atoms with Gasteiger partial charge in [-0.3, -0.25) is 9.47 Å². The van der Waals surface area contributed by atoms with Crippen molar-refractivity contribution in [2.45, 2.75) is 13.6 Å². The molecule has 0 spiro atoms. The predicted octanol–water partition coefficient (Wildman–Crippen LogP) is 4.14. The first-order valence-corrected chi connectivity index (χ1v) is 9.44. The Morgan fingerprint density at radius 2 is 1.73 bits per heavy atom. The molecule has 26 heavy (non-hydrogen) atoms. The van der Waals surface area contributed by atoms with Crippen LogP contribution in [-0.4, -0.2) is 42.3 Å². The summed E-state index contributed by atoms with van der Waals surface area (Å²) >= 11 is 5.41. The molecule has 2 aromatic carbocycles. The van der Waals surface area contributed by atoms with E-state index in [1.165, 1.54) is 5.69 Å². The van der Waals surface area contributed by atoms with Crippen molar-refractivity contribution in [2.75, 3.05) is 37.7 Å². The molecule has 0 atom stereocenters. The van der Waals surface area contributed by atoms with E-state index in [2.05, 4.69) is 32.6 Å². The number of oxazole rings is 1. The molecule has 0 aliphatic carbocycles. The molecule has 0 saturated carbocycles. The van der Waals surface area contributed by atoms with Gasteiger partial charge in [0.25, 0.3) is 4.84 Å². The lowest BCUT2D eigenvalue weighted by Gasteiger charge is -2.36. The minimum Gasteiger partial charge on any atom is -0.492 e. The van der Waals surface area contributed by atoms with Crippen molar-refractivity contribution in [3.63, 3.8) is 0 Å². The summed E-state index contributed by atoms with van der Waals surface area (Å²) < 4.78 is 13.6. The lowest BCUT2D eigenvalue weighted by atomic mass is 10.2. The molecule has 1 aliphatic rings. The number of fused-ring (bicyclic) bond motifs is 1. The third kappa shape index (κ3) is 3.34. The van der Waals surface area contributed by atoms with E-state index in [0.717, 1.165) is 49.7 Å². The van der Waals surface area contributed by atoms with Crippen molar-refractivity contribution in [1.82, 2.24) is 9.47 Å². The third-order valence-corrected chi connectivity index (χ3v) is 5.10. The molecule has 0 unspecified atom stereocenters. The molecule has 136 valence electrons. The number of hydrogen-bond acceptors (Lipinski definition) is 5. The largest absolute Gasteiger partial charge is 0.492 e. The summed E-state index contributed by atoms with van der Waals surface area (Å²) in [7, 11) is 0. The average molecular weight is 369 g/mol. The van der Waals surface area contributed by atoms with Gasteiger partial charge in [0, 0.05) is 26.2 Å².